The molecule has 0 saturated carbocycles. The number of hydrogen-bond acceptors (Lipinski definition) is 3. The highest BCUT2D eigenvalue weighted by atomic mass is 16.5. The molecular weight excluding hydrogens is 216 g/mol. The number of carbonyl (C=O) groups excluding carboxylic acids is 1. The van der Waals surface area contributed by atoms with E-state index in [0.717, 1.165) is 25.2 Å². The van der Waals surface area contributed by atoms with Crippen molar-refractivity contribution in [2.45, 2.75) is 6.61 Å². The van der Waals surface area contributed by atoms with Crippen LogP contribution >= 0.6 is 0 Å². The van der Waals surface area contributed by atoms with E-state index in [4.69, 9.17) is 4.74 Å². The van der Waals surface area contributed by atoms with Crippen LogP contribution in [0.2, 0.25) is 0 Å². The second-order valence-electron chi connectivity index (χ2n) is 4.37. The third kappa shape index (κ3) is 3.28. The van der Waals surface area contributed by atoms with Crippen molar-refractivity contribution in [3.63, 3.8) is 0 Å². The van der Waals surface area contributed by atoms with Crippen molar-refractivity contribution in [1.82, 2.24) is 10.6 Å². The Morgan fingerprint density at radius 1 is 1.53 bits per heavy atom. The number of ether oxygens (including phenoxy) is 1. The highest BCUT2D eigenvalue weighted by molar-refractivity contribution is 5.94. The summed E-state index contributed by atoms with van der Waals surface area (Å²) in [5.41, 5.74) is 1.72. The average molecular weight is 234 g/mol. The Labute approximate surface area is 101 Å². The van der Waals surface area contributed by atoms with Crippen molar-refractivity contribution in [2.75, 3.05) is 26.7 Å². The predicted molar refractivity (Wildman–Crippen MR) is 65.8 cm³/mol. The first-order valence-corrected chi connectivity index (χ1v) is 5.86. The van der Waals surface area contributed by atoms with E-state index < -0.39 is 0 Å². The highest BCUT2D eigenvalue weighted by Gasteiger charge is 2.17. The topological polar surface area (TPSA) is 50.4 Å². The molecule has 1 fully saturated rings. The minimum absolute atomic E-state index is 0.00477. The lowest BCUT2D eigenvalue weighted by Gasteiger charge is -2.27. The molecule has 17 heavy (non-hydrogen) atoms. The fourth-order valence-electron chi connectivity index (χ4n) is 1.80. The summed E-state index contributed by atoms with van der Waals surface area (Å²) in [6.45, 7) is 3.29. The molecular formula is C13H18N2O2. The van der Waals surface area contributed by atoms with Gasteiger partial charge in [0.2, 0.25) is 0 Å². The van der Waals surface area contributed by atoms with Gasteiger partial charge in [0.25, 0.3) is 5.91 Å². The van der Waals surface area contributed by atoms with Crippen LogP contribution in [0.3, 0.4) is 0 Å². The smallest absolute Gasteiger partial charge is 0.251 e. The van der Waals surface area contributed by atoms with Gasteiger partial charge in [0.15, 0.2) is 0 Å². The van der Waals surface area contributed by atoms with Crippen LogP contribution in [0.25, 0.3) is 0 Å². The third-order valence-electron chi connectivity index (χ3n) is 2.92. The zero-order chi connectivity index (χ0) is 12.1. The molecule has 1 aromatic carbocycles. The monoisotopic (exact) mass is 234 g/mol. The molecule has 0 aliphatic carbocycles. The molecule has 1 aliphatic heterocycles. The molecule has 0 spiro atoms. The van der Waals surface area contributed by atoms with Gasteiger partial charge in [-0.2, -0.15) is 0 Å². The standard InChI is InChI=1S/C13H18N2O2/c1-17-9-10-3-2-4-12(5-10)13(16)15-8-11-6-14-7-11/h2-5,11,14H,6-9H2,1H3,(H,15,16). The second kappa shape index (κ2) is 5.80. The summed E-state index contributed by atoms with van der Waals surface area (Å²) in [6.07, 6.45) is 0. The SMILES string of the molecule is COCc1cccc(C(=O)NCC2CNC2)c1. The van der Waals surface area contributed by atoms with Gasteiger partial charge in [0, 0.05) is 38.2 Å². The van der Waals surface area contributed by atoms with E-state index >= 15 is 0 Å². The van der Waals surface area contributed by atoms with Crippen molar-refractivity contribution in [1.29, 1.82) is 0 Å². The van der Waals surface area contributed by atoms with Crippen molar-refractivity contribution in [2.24, 2.45) is 5.92 Å². The quantitative estimate of drug-likeness (QED) is 0.791. The van der Waals surface area contributed by atoms with Crippen LogP contribution in [0.15, 0.2) is 24.3 Å². The van der Waals surface area contributed by atoms with Crippen molar-refractivity contribution >= 4 is 5.91 Å². The van der Waals surface area contributed by atoms with E-state index in [2.05, 4.69) is 10.6 Å². The van der Waals surface area contributed by atoms with Crippen LogP contribution in [0.1, 0.15) is 15.9 Å². The molecule has 1 aromatic rings. The van der Waals surface area contributed by atoms with Gasteiger partial charge in [-0.1, -0.05) is 12.1 Å². The van der Waals surface area contributed by atoms with Crippen molar-refractivity contribution in [3.05, 3.63) is 35.4 Å². The zero-order valence-electron chi connectivity index (χ0n) is 10.0. The maximum absolute atomic E-state index is 11.9. The molecule has 1 amide bonds. The van der Waals surface area contributed by atoms with Gasteiger partial charge in [0.05, 0.1) is 6.61 Å². The molecule has 4 nitrogen and oxygen atoms in total. The van der Waals surface area contributed by atoms with Crippen LogP contribution in [0.5, 0.6) is 0 Å². The van der Waals surface area contributed by atoms with Gasteiger partial charge in [-0.3, -0.25) is 4.79 Å². The van der Waals surface area contributed by atoms with E-state index in [0.29, 0.717) is 18.1 Å². The van der Waals surface area contributed by atoms with Crippen LogP contribution in [-0.2, 0) is 11.3 Å². The number of amides is 1. The molecule has 2 N–H and O–H groups in total. The van der Waals surface area contributed by atoms with Gasteiger partial charge in [-0.15, -0.1) is 0 Å². The maximum Gasteiger partial charge on any atom is 0.251 e. The Hall–Kier alpha value is -1.39. The van der Waals surface area contributed by atoms with E-state index in [1.165, 1.54) is 0 Å². The maximum atomic E-state index is 11.9. The van der Waals surface area contributed by atoms with Gasteiger partial charge >= 0.3 is 0 Å². The Balaban J connectivity index is 1.90. The summed E-state index contributed by atoms with van der Waals surface area (Å²) >= 11 is 0. The molecule has 0 unspecified atom stereocenters. The zero-order valence-corrected chi connectivity index (χ0v) is 10.0. The molecule has 92 valence electrons. The predicted octanol–water partition coefficient (Wildman–Crippen LogP) is 0.782. The fourth-order valence-corrected chi connectivity index (χ4v) is 1.80. The van der Waals surface area contributed by atoms with E-state index in [-0.39, 0.29) is 5.91 Å². The second-order valence-corrected chi connectivity index (χ2v) is 4.37. The lowest BCUT2D eigenvalue weighted by molar-refractivity contribution is 0.0942. The molecule has 0 aromatic heterocycles. The summed E-state index contributed by atoms with van der Waals surface area (Å²) in [5, 5.41) is 6.13. The van der Waals surface area contributed by atoms with Crippen LogP contribution in [0, 0.1) is 5.92 Å². The fraction of sp³-hybridized carbons (Fsp3) is 0.462. The average Bonchev–Trinajstić information content (AvgIpc) is 2.27. The number of hydrogen-bond donors (Lipinski definition) is 2. The third-order valence-corrected chi connectivity index (χ3v) is 2.92. The van der Waals surface area contributed by atoms with E-state index in [1.807, 2.05) is 24.3 Å². The summed E-state index contributed by atoms with van der Waals surface area (Å²) in [6, 6.07) is 7.54. The lowest BCUT2D eigenvalue weighted by Crippen LogP contribution is -2.48. The van der Waals surface area contributed by atoms with E-state index in [9.17, 15) is 4.79 Å². The number of benzene rings is 1. The van der Waals surface area contributed by atoms with Gasteiger partial charge in [0.1, 0.15) is 0 Å². The summed E-state index contributed by atoms with van der Waals surface area (Å²) < 4.78 is 5.05. The largest absolute Gasteiger partial charge is 0.380 e. The van der Waals surface area contributed by atoms with Gasteiger partial charge < -0.3 is 15.4 Å². The minimum atomic E-state index is -0.00477. The molecule has 0 radical (unpaired) electrons. The molecule has 4 heteroatoms. The first-order chi connectivity index (χ1) is 8.29. The first-order valence-electron chi connectivity index (χ1n) is 5.86. The Bertz CT molecular complexity index is 389. The minimum Gasteiger partial charge on any atom is -0.380 e. The molecule has 0 bridgehead atoms. The van der Waals surface area contributed by atoms with E-state index in [1.54, 1.807) is 7.11 Å². The Morgan fingerprint density at radius 2 is 2.35 bits per heavy atom. The summed E-state index contributed by atoms with van der Waals surface area (Å²) in [5.74, 6) is 0.580. The Morgan fingerprint density at radius 3 is 3.00 bits per heavy atom. The number of rotatable bonds is 5. The molecule has 0 atom stereocenters. The normalized spacial score (nSPS) is 15.4. The first kappa shape index (κ1) is 12.1. The summed E-state index contributed by atoms with van der Waals surface area (Å²) in [4.78, 5) is 11.9. The molecule has 2 rings (SSSR count). The van der Waals surface area contributed by atoms with Crippen LogP contribution in [-0.4, -0.2) is 32.7 Å². The van der Waals surface area contributed by atoms with Gasteiger partial charge in [-0.05, 0) is 17.7 Å². The van der Waals surface area contributed by atoms with Crippen molar-refractivity contribution in [3.8, 4) is 0 Å². The number of methoxy groups -OCH3 is 1. The Kier molecular flexibility index (Phi) is 4.12. The lowest BCUT2D eigenvalue weighted by atomic mass is 10.0. The molecule has 1 aliphatic rings. The number of nitrogens with one attached hydrogen (secondary N) is 2. The van der Waals surface area contributed by atoms with Crippen molar-refractivity contribution < 1.29 is 9.53 Å². The number of carbonyl (C=O) groups is 1. The van der Waals surface area contributed by atoms with Crippen LogP contribution in [0.4, 0.5) is 0 Å². The van der Waals surface area contributed by atoms with Crippen LogP contribution < -0.4 is 10.6 Å². The highest BCUT2D eigenvalue weighted by Crippen LogP contribution is 2.07. The van der Waals surface area contributed by atoms with Gasteiger partial charge in [-0.25, -0.2) is 0 Å². The summed E-state index contributed by atoms with van der Waals surface area (Å²) in [7, 11) is 1.65. The molecule has 1 heterocycles. The molecule has 1 saturated heterocycles.